The summed E-state index contributed by atoms with van der Waals surface area (Å²) in [5.74, 6) is 0.589. The minimum absolute atomic E-state index is 0.00641. The third kappa shape index (κ3) is 2.38. The van der Waals surface area contributed by atoms with E-state index in [2.05, 4.69) is 20.2 Å². The molecule has 152 valence electrons. The van der Waals surface area contributed by atoms with E-state index in [1.165, 1.54) is 12.1 Å². The molecule has 0 radical (unpaired) electrons. The summed E-state index contributed by atoms with van der Waals surface area (Å²) in [5.41, 5.74) is 3.89. The summed E-state index contributed by atoms with van der Waals surface area (Å²) >= 11 is 0. The maximum Gasteiger partial charge on any atom is 0.270 e. The number of anilines is 1. The number of rotatable bonds is 3. The van der Waals surface area contributed by atoms with E-state index in [0.29, 0.717) is 27.9 Å². The van der Waals surface area contributed by atoms with Crippen molar-refractivity contribution in [3.05, 3.63) is 46.0 Å². The zero-order valence-corrected chi connectivity index (χ0v) is 17.0. The molecule has 2 aromatic heterocycles. The Balaban J connectivity index is 1.69. The molecule has 4 aromatic rings. The summed E-state index contributed by atoms with van der Waals surface area (Å²) in [6.45, 7) is 7.85. The van der Waals surface area contributed by atoms with Crippen molar-refractivity contribution in [3.63, 3.8) is 0 Å². The summed E-state index contributed by atoms with van der Waals surface area (Å²) in [6.07, 6.45) is 0. The number of hydrogen-bond acceptors (Lipinski definition) is 5. The molecular formula is C21H20N6O3. The van der Waals surface area contributed by atoms with Gasteiger partial charge < -0.3 is 9.88 Å². The molecule has 2 N–H and O–H groups in total. The van der Waals surface area contributed by atoms with Crippen molar-refractivity contribution in [3.8, 4) is 11.5 Å². The molecule has 1 aliphatic rings. The minimum Gasteiger partial charge on any atom is -0.337 e. The third-order valence-corrected chi connectivity index (χ3v) is 5.78. The molecule has 0 aliphatic carbocycles. The Kier molecular flexibility index (Phi) is 3.59. The standard InChI is InChI=1S/C21H20N6O3/c1-10(2)26-17-9-16-15(8-13(17)21(3,4)20(26)28)22-19(23-16)18-12-7-11(27(29)30)5-6-14(12)24-25-18/h5-10H,1-4H3,(H,22,23)(H,24,25). The van der Waals surface area contributed by atoms with E-state index in [9.17, 15) is 14.9 Å². The van der Waals surface area contributed by atoms with Gasteiger partial charge in [0, 0.05) is 23.6 Å². The Labute approximate surface area is 171 Å². The first kappa shape index (κ1) is 18.3. The lowest BCUT2D eigenvalue weighted by Crippen LogP contribution is -2.40. The number of amides is 1. The fraction of sp³-hybridized carbons (Fsp3) is 0.286. The number of nitrogens with zero attached hydrogens (tertiary/aromatic N) is 4. The van der Waals surface area contributed by atoms with Crippen LogP contribution in [0.2, 0.25) is 0 Å². The van der Waals surface area contributed by atoms with Crippen molar-refractivity contribution in [1.82, 2.24) is 20.2 Å². The first-order chi connectivity index (χ1) is 14.2. The predicted octanol–water partition coefficient (Wildman–Crippen LogP) is 4.05. The van der Waals surface area contributed by atoms with Gasteiger partial charge in [-0.25, -0.2) is 4.98 Å². The van der Waals surface area contributed by atoms with Crippen LogP contribution in [0.25, 0.3) is 33.5 Å². The second-order valence-electron chi connectivity index (χ2n) is 8.43. The summed E-state index contributed by atoms with van der Waals surface area (Å²) in [5, 5.41) is 19.0. The van der Waals surface area contributed by atoms with Crippen molar-refractivity contribution in [2.75, 3.05) is 4.90 Å². The van der Waals surface area contributed by atoms with Gasteiger partial charge in [0.15, 0.2) is 5.82 Å². The van der Waals surface area contributed by atoms with Crippen LogP contribution in [0, 0.1) is 10.1 Å². The highest BCUT2D eigenvalue weighted by Gasteiger charge is 2.45. The van der Waals surface area contributed by atoms with E-state index < -0.39 is 10.3 Å². The molecule has 9 nitrogen and oxygen atoms in total. The summed E-state index contributed by atoms with van der Waals surface area (Å²) in [4.78, 5) is 33.4. The molecule has 0 fully saturated rings. The zero-order valence-electron chi connectivity index (χ0n) is 17.0. The predicted molar refractivity (Wildman–Crippen MR) is 113 cm³/mol. The molecule has 3 heterocycles. The lowest BCUT2D eigenvalue weighted by atomic mass is 9.86. The third-order valence-electron chi connectivity index (χ3n) is 5.78. The second-order valence-corrected chi connectivity index (χ2v) is 8.43. The van der Waals surface area contributed by atoms with Crippen LogP contribution in [0.1, 0.15) is 33.3 Å². The Morgan fingerprint density at radius 3 is 2.63 bits per heavy atom. The van der Waals surface area contributed by atoms with E-state index >= 15 is 0 Å². The average molecular weight is 404 g/mol. The van der Waals surface area contributed by atoms with Gasteiger partial charge in [0.25, 0.3) is 5.69 Å². The topological polar surface area (TPSA) is 121 Å². The Morgan fingerprint density at radius 2 is 1.93 bits per heavy atom. The van der Waals surface area contributed by atoms with E-state index in [1.807, 2.05) is 44.7 Å². The van der Waals surface area contributed by atoms with Crippen LogP contribution in [0.5, 0.6) is 0 Å². The zero-order chi connectivity index (χ0) is 21.4. The number of nitrogens with one attached hydrogen (secondary N) is 2. The van der Waals surface area contributed by atoms with Crippen LogP contribution in [-0.4, -0.2) is 37.0 Å². The van der Waals surface area contributed by atoms with E-state index in [0.717, 1.165) is 16.8 Å². The maximum absolute atomic E-state index is 12.9. The second kappa shape index (κ2) is 5.88. The van der Waals surface area contributed by atoms with Gasteiger partial charge in [0.05, 0.1) is 32.6 Å². The van der Waals surface area contributed by atoms with Crippen LogP contribution in [0.4, 0.5) is 11.4 Å². The molecule has 0 bridgehead atoms. The van der Waals surface area contributed by atoms with Crippen LogP contribution in [0.15, 0.2) is 30.3 Å². The molecule has 2 aromatic carbocycles. The first-order valence-electron chi connectivity index (χ1n) is 9.69. The Hall–Kier alpha value is -3.75. The number of non-ortho nitro benzene ring substituents is 1. The number of fused-ring (bicyclic) bond motifs is 3. The number of nitro benzene ring substituents is 1. The van der Waals surface area contributed by atoms with Gasteiger partial charge in [-0.15, -0.1) is 0 Å². The molecule has 1 amide bonds. The number of hydrogen-bond donors (Lipinski definition) is 2. The highest BCUT2D eigenvalue weighted by molar-refractivity contribution is 6.10. The number of imidazole rings is 1. The Bertz CT molecular complexity index is 1360. The fourth-order valence-corrected chi connectivity index (χ4v) is 4.19. The SMILES string of the molecule is CC(C)N1C(=O)C(C)(C)c2cc3[nH]c(-c4n[nH]c5ccc([N+](=O)[O-])cc45)nc3cc21. The number of nitro groups is 1. The molecule has 0 spiro atoms. The van der Waals surface area contributed by atoms with Crippen LogP contribution >= 0.6 is 0 Å². The van der Waals surface area contributed by atoms with Gasteiger partial charge in [-0.05, 0) is 51.5 Å². The van der Waals surface area contributed by atoms with E-state index in [4.69, 9.17) is 0 Å². The van der Waals surface area contributed by atoms with Crippen molar-refractivity contribution >= 4 is 39.2 Å². The van der Waals surface area contributed by atoms with Gasteiger partial charge in [-0.1, -0.05) is 0 Å². The molecule has 0 unspecified atom stereocenters. The minimum atomic E-state index is -0.626. The molecule has 0 saturated heterocycles. The molecule has 0 atom stereocenters. The molecular weight excluding hydrogens is 384 g/mol. The van der Waals surface area contributed by atoms with Crippen molar-refractivity contribution in [2.45, 2.75) is 39.2 Å². The number of aromatic amines is 2. The van der Waals surface area contributed by atoms with E-state index in [-0.39, 0.29) is 17.6 Å². The highest BCUT2D eigenvalue weighted by Crippen LogP contribution is 2.44. The summed E-state index contributed by atoms with van der Waals surface area (Å²) in [7, 11) is 0. The summed E-state index contributed by atoms with van der Waals surface area (Å²) in [6, 6.07) is 8.49. The lowest BCUT2D eigenvalue weighted by molar-refractivity contribution is -0.384. The Morgan fingerprint density at radius 1 is 1.17 bits per heavy atom. The van der Waals surface area contributed by atoms with E-state index in [1.54, 1.807) is 6.07 Å². The van der Waals surface area contributed by atoms with Gasteiger partial charge in [-0.2, -0.15) is 5.10 Å². The number of H-pyrrole nitrogens is 2. The maximum atomic E-state index is 12.9. The fourth-order valence-electron chi connectivity index (χ4n) is 4.19. The number of carbonyl (C=O) groups excluding carboxylic acids is 1. The van der Waals surface area contributed by atoms with Crippen molar-refractivity contribution in [1.29, 1.82) is 0 Å². The van der Waals surface area contributed by atoms with Crippen LogP contribution < -0.4 is 4.90 Å². The summed E-state index contributed by atoms with van der Waals surface area (Å²) < 4.78 is 0. The first-order valence-corrected chi connectivity index (χ1v) is 9.69. The smallest absolute Gasteiger partial charge is 0.270 e. The van der Waals surface area contributed by atoms with Gasteiger partial charge in [0.1, 0.15) is 5.69 Å². The highest BCUT2D eigenvalue weighted by atomic mass is 16.6. The van der Waals surface area contributed by atoms with Gasteiger partial charge >= 0.3 is 0 Å². The van der Waals surface area contributed by atoms with Crippen LogP contribution in [0.3, 0.4) is 0 Å². The number of carbonyl (C=O) groups is 1. The van der Waals surface area contributed by atoms with Crippen molar-refractivity contribution in [2.24, 2.45) is 0 Å². The number of aromatic nitrogens is 4. The van der Waals surface area contributed by atoms with Crippen LogP contribution in [-0.2, 0) is 10.2 Å². The molecule has 1 aliphatic heterocycles. The van der Waals surface area contributed by atoms with Gasteiger partial charge in [0.2, 0.25) is 5.91 Å². The largest absolute Gasteiger partial charge is 0.337 e. The van der Waals surface area contributed by atoms with Gasteiger partial charge in [-0.3, -0.25) is 20.0 Å². The van der Waals surface area contributed by atoms with Crippen molar-refractivity contribution < 1.29 is 9.72 Å². The lowest BCUT2D eigenvalue weighted by Gasteiger charge is -2.24. The quantitative estimate of drug-likeness (QED) is 0.394. The molecule has 0 saturated carbocycles. The molecule has 5 rings (SSSR count). The normalized spacial score (nSPS) is 15.5. The average Bonchev–Trinajstić information content (AvgIpc) is 3.33. The molecule has 9 heteroatoms. The monoisotopic (exact) mass is 404 g/mol. The molecule has 30 heavy (non-hydrogen) atoms. The number of benzene rings is 2.